The van der Waals surface area contributed by atoms with Crippen molar-refractivity contribution in [3.8, 4) is 5.75 Å². The molecule has 4 aromatic rings. The van der Waals surface area contributed by atoms with Gasteiger partial charge in [0, 0.05) is 41.5 Å². The Morgan fingerprint density at radius 3 is 2.97 bits per heavy atom. The molecule has 0 radical (unpaired) electrons. The zero-order valence-corrected chi connectivity index (χ0v) is 17.5. The molecule has 0 aliphatic carbocycles. The number of rotatable bonds is 8. The quantitative estimate of drug-likeness (QED) is 0.248. The molecule has 0 aliphatic heterocycles. The maximum Gasteiger partial charge on any atom is 0.163 e. The predicted molar refractivity (Wildman–Crippen MR) is 123 cm³/mol. The van der Waals surface area contributed by atoms with E-state index >= 15 is 0 Å². The molecule has 3 aromatic heterocycles. The van der Waals surface area contributed by atoms with Gasteiger partial charge in [0.25, 0.3) is 0 Å². The summed E-state index contributed by atoms with van der Waals surface area (Å²) >= 11 is 0. The molecule has 164 valence electrons. The van der Waals surface area contributed by atoms with Crippen LogP contribution in [0.1, 0.15) is 23.7 Å². The van der Waals surface area contributed by atoms with Gasteiger partial charge >= 0.3 is 0 Å². The minimum atomic E-state index is -0.394. The number of H-pyrrole nitrogens is 1. The van der Waals surface area contributed by atoms with Crippen molar-refractivity contribution in [1.82, 2.24) is 19.6 Å². The van der Waals surface area contributed by atoms with Crippen LogP contribution in [0.25, 0.3) is 22.1 Å². The van der Waals surface area contributed by atoms with Crippen LogP contribution in [-0.2, 0) is 13.0 Å². The van der Waals surface area contributed by atoms with Gasteiger partial charge in [0.15, 0.2) is 5.65 Å². The molecular formula is C23H23FN6O2. The van der Waals surface area contributed by atoms with Crippen LogP contribution in [-0.4, -0.2) is 43.1 Å². The molecule has 9 heteroatoms. The Bertz CT molecular complexity index is 1350. The fraction of sp³-hybridized carbons (Fsp3) is 0.174. The summed E-state index contributed by atoms with van der Waals surface area (Å²) in [5, 5.41) is 28.3. The number of hydrogen-bond acceptors (Lipinski definition) is 6. The first-order valence-corrected chi connectivity index (χ1v) is 10.0. The lowest BCUT2D eigenvalue weighted by molar-refractivity contribution is 0.283. The first kappa shape index (κ1) is 21.3. The molecule has 3 heterocycles. The van der Waals surface area contributed by atoms with Crippen LogP contribution in [0.2, 0.25) is 0 Å². The number of benzene rings is 1. The molecule has 0 bridgehead atoms. The minimum absolute atomic E-state index is 0.210. The number of aliphatic imine (C=N–C) groups is 1. The first-order chi connectivity index (χ1) is 15.5. The van der Waals surface area contributed by atoms with Crippen molar-refractivity contribution in [1.29, 1.82) is 0 Å². The van der Waals surface area contributed by atoms with Crippen molar-refractivity contribution in [3.05, 3.63) is 71.6 Å². The van der Waals surface area contributed by atoms with Crippen LogP contribution < -0.4 is 5.32 Å². The van der Waals surface area contributed by atoms with Gasteiger partial charge < -0.3 is 20.5 Å². The van der Waals surface area contributed by atoms with Crippen molar-refractivity contribution in [2.75, 3.05) is 11.9 Å². The van der Waals surface area contributed by atoms with Gasteiger partial charge in [0.1, 0.15) is 11.6 Å². The number of allylic oxidation sites excluding steroid dienone is 3. The second kappa shape index (κ2) is 9.03. The second-order valence-corrected chi connectivity index (χ2v) is 7.28. The number of nitrogens with zero attached hydrogens (tertiary/aromatic N) is 4. The largest absolute Gasteiger partial charge is 0.506 e. The number of fused-ring (bicyclic) bond motifs is 2. The van der Waals surface area contributed by atoms with Crippen LogP contribution in [0.5, 0.6) is 5.75 Å². The summed E-state index contributed by atoms with van der Waals surface area (Å²) in [5.74, 6) is 0.448. The molecule has 8 nitrogen and oxygen atoms in total. The average molecular weight is 434 g/mol. The molecular weight excluding hydrogens is 411 g/mol. The maximum atomic E-state index is 13.6. The molecule has 0 saturated heterocycles. The fourth-order valence-electron chi connectivity index (χ4n) is 3.61. The van der Waals surface area contributed by atoms with Gasteiger partial charge in [-0.3, -0.25) is 4.99 Å². The highest BCUT2D eigenvalue weighted by Gasteiger charge is 2.14. The van der Waals surface area contributed by atoms with Crippen LogP contribution in [0.4, 0.5) is 10.2 Å². The monoisotopic (exact) mass is 434 g/mol. The molecule has 0 spiro atoms. The van der Waals surface area contributed by atoms with Crippen molar-refractivity contribution in [2.24, 2.45) is 4.99 Å². The number of aliphatic hydroxyl groups is 1. The molecule has 0 saturated carbocycles. The lowest BCUT2D eigenvalue weighted by Crippen LogP contribution is -2.10. The van der Waals surface area contributed by atoms with E-state index in [1.54, 1.807) is 22.8 Å². The molecule has 0 atom stereocenters. The Labute approximate surface area is 183 Å². The number of anilines is 1. The van der Waals surface area contributed by atoms with E-state index in [0.717, 1.165) is 10.9 Å². The highest BCUT2D eigenvalue weighted by Crippen LogP contribution is 2.27. The molecule has 4 N–H and O–H groups in total. The Kier molecular flexibility index (Phi) is 6.00. The summed E-state index contributed by atoms with van der Waals surface area (Å²) in [5.41, 5.74) is 3.69. The molecule has 1 aromatic carbocycles. The number of phenolic OH excluding ortho intramolecular Hbond substituents is 1. The number of aromatic hydroxyl groups is 1. The molecule has 0 amide bonds. The van der Waals surface area contributed by atoms with E-state index in [1.165, 1.54) is 19.2 Å². The zero-order chi connectivity index (χ0) is 22.7. The van der Waals surface area contributed by atoms with E-state index < -0.39 is 5.83 Å². The summed E-state index contributed by atoms with van der Waals surface area (Å²) in [6.45, 7) is 5.12. The number of para-hydroxylation sites is 1. The Hall–Kier alpha value is -3.98. The second-order valence-electron chi connectivity index (χ2n) is 7.28. The molecule has 4 rings (SSSR count). The van der Waals surface area contributed by atoms with Crippen LogP contribution >= 0.6 is 0 Å². The lowest BCUT2D eigenvalue weighted by atomic mass is 10.1. The number of aromatic nitrogens is 4. The summed E-state index contributed by atoms with van der Waals surface area (Å²) < 4.78 is 15.2. The van der Waals surface area contributed by atoms with Gasteiger partial charge in [-0.05, 0) is 37.8 Å². The number of aliphatic hydroxyl groups excluding tert-OH is 1. The van der Waals surface area contributed by atoms with E-state index in [9.17, 15) is 14.6 Å². The molecule has 32 heavy (non-hydrogen) atoms. The third-order valence-corrected chi connectivity index (χ3v) is 5.08. The highest BCUT2D eigenvalue weighted by molar-refractivity contribution is 5.88. The van der Waals surface area contributed by atoms with Gasteiger partial charge in [-0.15, -0.1) is 0 Å². The van der Waals surface area contributed by atoms with Crippen molar-refractivity contribution < 1.29 is 14.6 Å². The summed E-state index contributed by atoms with van der Waals surface area (Å²) in [6, 6.07) is 7.15. The molecule has 0 aliphatic rings. The average Bonchev–Trinajstić information content (AvgIpc) is 3.38. The standard InChI is InChI=1S/C23H23FN6O2/c1-14(24)8-16(10-25-2)19-9-21(30-23(29-19)17(13-31)12-28-30)26-7-6-15-11-27-22-18(15)4-3-5-20(22)32/h3-5,8-12,26-27,31-32H,2,6-7,13H2,1H3/b14-8+,16-10+. The van der Waals surface area contributed by atoms with Crippen LogP contribution in [0, 0.1) is 0 Å². The first-order valence-electron chi connectivity index (χ1n) is 10.0. The van der Waals surface area contributed by atoms with Gasteiger partial charge in [-0.1, -0.05) is 12.1 Å². The third kappa shape index (κ3) is 4.10. The summed E-state index contributed by atoms with van der Waals surface area (Å²) in [6.07, 6.45) is 6.86. The maximum absolute atomic E-state index is 13.6. The Morgan fingerprint density at radius 1 is 1.38 bits per heavy atom. The van der Waals surface area contributed by atoms with E-state index in [2.05, 4.69) is 32.1 Å². The highest BCUT2D eigenvalue weighted by atomic mass is 19.1. The molecule has 0 unspecified atom stereocenters. The van der Waals surface area contributed by atoms with Crippen molar-refractivity contribution >= 4 is 34.7 Å². The van der Waals surface area contributed by atoms with Crippen molar-refractivity contribution in [3.63, 3.8) is 0 Å². The minimum Gasteiger partial charge on any atom is -0.506 e. The summed E-state index contributed by atoms with van der Waals surface area (Å²) in [7, 11) is 0. The van der Waals surface area contributed by atoms with Gasteiger partial charge in [-0.25, -0.2) is 9.37 Å². The smallest absolute Gasteiger partial charge is 0.163 e. The topological polar surface area (TPSA) is 111 Å². The van der Waals surface area contributed by atoms with Gasteiger partial charge in [-0.2, -0.15) is 9.61 Å². The lowest BCUT2D eigenvalue weighted by Gasteiger charge is -2.11. The third-order valence-electron chi connectivity index (χ3n) is 5.08. The number of hydrogen-bond donors (Lipinski definition) is 4. The van der Waals surface area contributed by atoms with Crippen molar-refractivity contribution in [2.45, 2.75) is 20.0 Å². The number of nitrogens with one attached hydrogen (secondary N) is 2. The van der Waals surface area contributed by atoms with Crippen LogP contribution in [0.3, 0.4) is 0 Å². The van der Waals surface area contributed by atoms with Crippen LogP contribution in [0.15, 0.2) is 59.8 Å². The van der Waals surface area contributed by atoms with E-state index in [-0.39, 0.29) is 12.4 Å². The van der Waals surface area contributed by atoms with E-state index in [1.807, 2.05) is 18.3 Å². The molecule has 0 fully saturated rings. The normalized spacial score (nSPS) is 12.6. The SMILES string of the molecule is C=N/C=C(\C=C(/C)F)c1cc(NCCc2c[nH]c3c(O)cccc23)n2ncc(CO)c2n1. The fourth-order valence-corrected chi connectivity index (χ4v) is 3.61. The Morgan fingerprint density at radius 2 is 2.22 bits per heavy atom. The van der Waals surface area contributed by atoms with E-state index in [4.69, 9.17) is 0 Å². The predicted octanol–water partition coefficient (Wildman–Crippen LogP) is 3.98. The number of phenols is 1. The number of halogens is 1. The van der Waals surface area contributed by atoms with Gasteiger partial charge in [0.2, 0.25) is 0 Å². The summed E-state index contributed by atoms with van der Waals surface area (Å²) in [4.78, 5) is 11.4. The zero-order valence-electron chi connectivity index (χ0n) is 17.5. The van der Waals surface area contributed by atoms with E-state index in [0.29, 0.717) is 46.8 Å². The van der Waals surface area contributed by atoms with Gasteiger partial charge in [0.05, 0.1) is 29.8 Å². The number of aromatic amines is 1. The Balaban J connectivity index is 1.67.